The van der Waals surface area contributed by atoms with Crippen LogP contribution in [-0.2, 0) is 11.0 Å². The summed E-state index contributed by atoms with van der Waals surface area (Å²) in [6.07, 6.45) is -3.27. The van der Waals surface area contributed by atoms with Crippen LogP contribution in [0.2, 0.25) is 0 Å². The average Bonchev–Trinajstić information content (AvgIpc) is 2.52. The Kier molecular flexibility index (Phi) is 5.05. The lowest BCUT2D eigenvalue weighted by molar-refractivity contribution is -0.136. The predicted molar refractivity (Wildman–Crippen MR) is 84.8 cm³/mol. The second kappa shape index (κ2) is 7.01. The van der Waals surface area contributed by atoms with Gasteiger partial charge in [-0.15, -0.1) is 0 Å². The van der Waals surface area contributed by atoms with E-state index in [1.54, 1.807) is 24.3 Å². The zero-order valence-corrected chi connectivity index (χ0v) is 12.7. The molecule has 2 aromatic carbocycles. The minimum absolute atomic E-state index is 0.280. The van der Waals surface area contributed by atoms with Crippen LogP contribution in [0.15, 0.2) is 54.1 Å². The molecule has 0 spiro atoms. The molecule has 0 atom stereocenters. The first kappa shape index (κ1) is 17.3. The minimum Gasteiger partial charge on any atom is -0.321 e. The molecule has 0 aromatic heterocycles. The summed E-state index contributed by atoms with van der Waals surface area (Å²) in [5, 5.41) is 11.3. The van der Waals surface area contributed by atoms with Crippen molar-refractivity contribution in [2.24, 2.45) is 0 Å². The number of amides is 1. The van der Waals surface area contributed by atoms with Gasteiger partial charge in [-0.3, -0.25) is 4.79 Å². The topological polar surface area (TPSA) is 52.9 Å². The second-order valence-corrected chi connectivity index (χ2v) is 5.08. The van der Waals surface area contributed by atoms with E-state index in [2.05, 4.69) is 5.32 Å². The molecule has 3 nitrogen and oxygen atoms in total. The molecule has 1 N–H and O–H groups in total. The van der Waals surface area contributed by atoms with Gasteiger partial charge in [0.05, 0.1) is 11.3 Å². The average molecular weight is 330 g/mol. The number of anilines is 1. The van der Waals surface area contributed by atoms with Gasteiger partial charge in [-0.1, -0.05) is 42.0 Å². The van der Waals surface area contributed by atoms with E-state index in [1.165, 1.54) is 18.2 Å². The molecule has 2 aromatic rings. The third-order valence-electron chi connectivity index (χ3n) is 3.20. The number of para-hydroxylation sites is 1. The predicted octanol–water partition coefficient (Wildman–Crippen LogP) is 4.56. The highest BCUT2D eigenvalue weighted by atomic mass is 19.4. The van der Waals surface area contributed by atoms with Gasteiger partial charge in [-0.05, 0) is 30.7 Å². The Hall–Kier alpha value is -3.07. The number of hydrogen-bond acceptors (Lipinski definition) is 2. The van der Waals surface area contributed by atoms with Gasteiger partial charge in [0.1, 0.15) is 11.6 Å². The van der Waals surface area contributed by atoms with Gasteiger partial charge < -0.3 is 5.32 Å². The third kappa shape index (κ3) is 4.23. The monoisotopic (exact) mass is 330 g/mol. The number of nitrogens with one attached hydrogen (secondary N) is 1. The molecule has 0 unspecified atom stereocenters. The summed E-state index contributed by atoms with van der Waals surface area (Å²) in [4.78, 5) is 12.1. The van der Waals surface area contributed by atoms with Crippen LogP contribution in [0.5, 0.6) is 0 Å². The van der Waals surface area contributed by atoms with Crippen LogP contribution in [0.4, 0.5) is 18.9 Å². The first-order valence-corrected chi connectivity index (χ1v) is 6.97. The van der Waals surface area contributed by atoms with E-state index in [-0.39, 0.29) is 11.3 Å². The number of benzene rings is 2. The quantitative estimate of drug-likeness (QED) is 0.662. The van der Waals surface area contributed by atoms with Gasteiger partial charge in [0.2, 0.25) is 0 Å². The van der Waals surface area contributed by atoms with Crippen molar-refractivity contribution in [3.8, 4) is 6.07 Å². The van der Waals surface area contributed by atoms with E-state index in [0.717, 1.165) is 17.7 Å². The highest BCUT2D eigenvalue weighted by Gasteiger charge is 2.33. The van der Waals surface area contributed by atoms with E-state index in [1.807, 2.05) is 13.0 Å². The lowest BCUT2D eigenvalue weighted by Gasteiger charge is -2.13. The summed E-state index contributed by atoms with van der Waals surface area (Å²) in [5.74, 6) is -0.893. The number of halogens is 3. The largest absolute Gasteiger partial charge is 0.418 e. The molecule has 24 heavy (non-hydrogen) atoms. The number of rotatable bonds is 3. The van der Waals surface area contributed by atoms with Gasteiger partial charge in [-0.25, -0.2) is 0 Å². The van der Waals surface area contributed by atoms with Crippen LogP contribution >= 0.6 is 0 Å². The van der Waals surface area contributed by atoms with Crippen molar-refractivity contribution in [1.29, 1.82) is 5.26 Å². The van der Waals surface area contributed by atoms with E-state index in [4.69, 9.17) is 5.26 Å². The van der Waals surface area contributed by atoms with E-state index in [0.29, 0.717) is 5.56 Å². The molecule has 6 heteroatoms. The third-order valence-corrected chi connectivity index (χ3v) is 3.20. The molecule has 0 aliphatic carbocycles. The Labute approximate surface area is 137 Å². The fourth-order valence-electron chi connectivity index (χ4n) is 2.10. The number of hydrogen-bond donors (Lipinski definition) is 1. The van der Waals surface area contributed by atoms with E-state index < -0.39 is 17.6 Å². The smallest absolute Gasteiger partial charge is 0.321 e. The first-order chi connectivity index (χ1) is 11.3. The molecule has 0 fully saturated rings. The fraction of sp³-hybridized carbons (Fsp3) is 0.111. The van der Waals surface area contributed by atoms with E-state index >= 15 is 0 Å². The maximum absolute atomic E-state index is 12.9. The van der Waals surface area contributed by atoms with Crippen molar-refractivity contribution < 1.29 is 18.0 Å². The van der Waals surface area contributed by atoms with Crippen molar-refractivity contribution in [3.63, 3.8) is 0 Å². The van der Waals surface area contributed by atoms with Crippen molar-refractivity contribution in [3.05, 3.63) is 70.8 Å². The molecule has 0 aliphatic heterocycles. The lowest BCUT2D eigenvalue weighted by atomic mass is 10.1. The molecule has 0 radical (unpaired) electrons. The fourth-order valence-corrected chi connectivity index (χ4v) is 2.10. The van der Waals surface area contributed by atoms with Gasteiger partial charge in [0.15, 0.2) is 0 Å². The zero-order valence-electron chi connectivity index (χ0n) is 12.7. The number of aryl methyl sites for hydroxylation is 1. The molecule has 0 bridgehead atoms. The normalized spacial score (nSPS) is 11.7. The van der Waals surface area contributed by atoms with Crippen molar-refractivity contribution in [2.45, 2.75) is 13.1 Å². The zero-order chi connectivity index (χ0) is 17.7. The van der Waals surface area contributed by atoms with Crippen LogP contribution in [0.3, 0.4) is 0 Å². The summed E-state index contributed by atoms with van der Waals surface area (Å²) >= 11 is 0. The Morgan fingerprint density at radius 1 is 1.17 bits per heavy atom. The van der Waals surface area contributed by atoms with Gasteiger partial charge in [0.25, 0.3) is 5.91 Å². The maximum atomic E-state index is 12.9. The Bertz CT molecular complexity index is 833. The minimum atomic E-state index is -4.60. The molecular formula is C18H13F3N2O. The SMILES string of the molecule is Cc1cccc(/C=C(\C#N)C(=O)Nc2ccccc2C(F)(F)F)c1. The van der Waals surface area contributed by atoms with Crippen molar-refractivity contribution in [2.75, 3.05) is 5.32 Å². The molecule has 2 rings (SSSR count). The Balaban J connectivity index is 2.31. The highest BCUT2D eigenvalue weighted by Crippen LogP contribution is 2.34. The summed E-state index contributed by atoms with van der Waals surface area (Å²) in [6, 6.07) is 13.4. The molecule has 0 heterocycles. The van der Waals surface area contributed by atoms with Gasteiger partial charge in [-0.2, -0.15) is 18.4 Å². The summed E-state index contributed by atoms with van der Waals surface area (Å²) in [7, 11) is 0. The highest BCUT2D eigenvalue weighted by molar-refractivity contribution is 6.10. The van der Waals surface area contributed by atoms with Gasteiger partial charge >= 0.3 is 6.18 Å². The Morgan fingerprint density at radius 3 is 2.50 bits per heavy atom. The van der Waals surface area contributed by atoms with Crippen LogP contribution in [0, 0.1) is 18.3 Å². The number of nitriles is 1. The Morgan fingerprint density at radius 2 is 1.88 bits per heavy atom. The molecular weight excluding hydrogens is 317 g/mol. The van der Waals surface area contributed by atoms with E-state index in [9.17, 15) is 18.0 Å². The lowest BCUT2D eigenvalue weighted by Crippen LogP contribution is -2.17. The van der Waals surface area contributed by atoms with Gasteiger partial charge in [0, 0.05) is 0 Å². The van der Waals surface area contributed by atoms with Crippen LogP contribution < -0.4 is 5.32 Å². The number of nitrogens with zero attached hydrogens (tertiary/aromatic N) is 1. The van der Waals surface area contributed by atoms with Crippen LogP contribution in [0.25, 0.3) is 6.08 Å². The second-order valence-electron chi connectivity index (χ2n) is 5.08. The number of carbonyl (C=O) groups is 1. The number of carbonyl (C=O) groups excluding carboxylic acids is 1. The van der Waals surface area contributed by atoms with Crippen LogP contribution in [-0.4, -0.2) is 5.91 Å². The molecule has 122 valence electrons. The molecule has 1 amide bonds. The summed E-state index contributed by atoms with van der Waals surface area (Å²) in [6.45, 7) is 1.85. The number of alkyl halides is 3. The summed E-state index contributed by atoms with van der Waals surface area (Å²) in [5.41, 5.74) is -0.0844. The van der Waals surface area contributed by atoms with Crippen LogP contribution in [0.1, 0.15) is 16.7 Å². The van der Waals surface area contributed by atoms with Crippen molar-refractivity contribution in [1.82, 2.24) is 0 Å². The maximum Gasteiger partial charge on any atom is 0.418 e. The molecule has 0 saturated heterocycles. The standard InChI is InChI=1S/C18H13F3N2O/c1-12-5-4-6-13(9-12)10-14(11-22)17(24)23-16-8-3-2-7-15(16)18(19,20)21/h2-10H,1H3,(H,23,24)/b14-10+. The molecule has 0 saturated carbocycles. The summed E-state index contributed by atoms with van der Waals surface area (Å²) < 4.78 is 38.8. The first-order valence-electron chi connectivity index (χ1n) is 6.97. The molecule has 0 aliphatic rings. The van der Waals surface area contributed by atoms with Crippen molar-refractivity contribution >= 4 is 17.7 Å².